The van der Waals surface area contributed by atoms with E-state index in [0.717, 1.165) is 0 Å². The van der Waals surface area contributed by atoms with Gasteiger partial charge >= 0.3 is 5.97 Å². The van der Waals surface area contributed by atoms with Crippen LogP contribution < -0.4 is 9.46 Å². The van der Waals surface area contributed by atoms with E-state index in [-0.39, 0.29) is 16.2 Å². The van der Waals surface area contributed by atoms with E-state index >= 15 is 0 Å². The molecule has 0 aliphatic heterocycles. The molecule has 0 aliphatic carbocycles. The van der Waals surface area contributed by atoms with Crippen LogP contribution in [-0.2, 0) is 14.8 Å². The van der Waals surface area contributed by atoms with Gasteiger partial charge in [0.25, 0.3) is 0 Å². The Bertz CT molecular complexity index is 975. The summed E-state index contributed by atoms with van der Waals surface area (Å²) in [5, 5.41) is 0. The van der Waals surface area contributed by atoms with E-state index in [1.165, 1.54) is 24.3 Å². The summed E-state index contributed by atoms with van der Waals surface area (Å²) < 4.78 is 37.7. The fourth-order valence-corrected chi connectivity index (χ4v) is 3.92. The molecule has 2 rings (SSSR count). The average Bonchev–Trinajstić information content (AvgIpc) is 2.65. The van der Waals surface area contributed by atoms with Crippen LogP contribution in [0.1, 0.15) is 48.4 Å². The molecule has 0 fully saturated rings. The van der Waals surface area contributed by atoms with Gasteiger partial charge in [0.2, 0.25) is 10.0 Å². The molecule has 7 nitrogen and oxygen atoms in total. The molecule has 0 bridgehead atoms. The first-order valence-corrected chi connectivity index (χ1v) is 10.6. The number of carbonyl (C=O) groups is 2. The van der Waals surface area contributed by atoms with Crippen molar-refractivity contribution in [3.05, 3.63) is 59.7 Å². The molecule has 0 atom stereocenters. The highest BCUT2D eigenvalue weighted by Gasteiger charge is 2.23. The van der Waals surface area contributed by atoms with Crippen molar-refractivity contribution in [1.29, 1.82) is 0 Å². The number of Topliss-reactive ketones (excluding diaryl/α,β-unsaturated/α-hetero) is 1. The van der Waals surface area contributed by atoms with Crippen LogP contribution >= 0.6 is 0 Å². The normalized spacial score (nSPS) is 11.7. The number of esters is 1. The molecule has 0 heterocycles. The molecule has 0 aromatic heterocycles. The summed E-state index contributed by atoms with van der Waals surface area (Å²) in [6, 6.07) is 12.0. The summed E-state index contributed by atoms with van der Waals surface area (Å²) in [6.07, 6.45) is 0. The second-order valence-electron chi connectivity index (χ2n) is 7.34. The molecule has 0 radical (unpaired) electrons. The van der Waals surface area contributed by atoms with E-state index in [0.29, 0.717) is 17.9 Å². The fraction of sp³-hybridized carbons (Fsp3) is 0.333. The minimum absolute atomic E-state index is 0.0428. The molecule has 2 aromatic rings. The second kappa shape index (κ2) is 9.19. The van der Waals surface area contributed by atoms with E-state index in [9.17, 15) is 18.0 Å². The molecule has 0 spiro atoms. The van der Waals surface area contributed by atoms with Crippen molar-refractivity contribution in [3.63, 3.8) is 0 Å². The number of ketones is 1. The van der Waals surface area contributed by atoms with Gasteiger partial charge in [-0.2, -0.15) is 0 Å². The zero-order valence-corrected chi connectivity index (χ0v) is 17.7. The minimum Gasteiger partial charge on any atom is -0.494 e. The Morgan fingerprint density at radius 1 is 1.00 bits per heavy atom. The molecule has 0 amide bonds. The van der Waals surface area contributed by atoms with Gasteiger partial charge in [0.15, 0.2) is 12.4 Å². The lowest BCUT2D eigenvalue weighted by Gasteiger charge is -2.20. The van der Waals surface area contributed by atoms with E-state index in [2.05, 4.69) is 4.72 Å². The number of ether oxygens (including phenoxy) is 2. The molecule has 0 aliphatic rings. The van der Waals surface area contributed by atoms with Crippen LogP contribution in [0.15, 0.2) is 53.4 Å². The maximum atomic E-state index is 12.4. The molecule has 2 aromatic carbocycles. The Labute approximate surface area is 171 Å². The predicted octanol–water partition coefficient (Wildman–Crippen LogP) is 3.20. The summed E-state index contributed by atoms with van der Waals surface area (Å²) in [6.45, 7) is 7.08. The maximum Gasteiger partial charge on any atom is 0.338 e. The van der Waals surface area contributed by atoms with E-state index in [1.54, 1.807) is 45.0 Å². The lowest BCUT2D eigenvalue weighted by molar-refractivity contribution is 0.0474. The van der Waals surface area contributed by atoms with Crippen molar-refractivity contribution in [2.45, 2.75) is 38.1 Å². The Kier molecular flexibility index (Phi) is 7.16. The number of benzene rings is 2. The highest BCUT2D eigenvalue weighted by molar-refractivity contribution is 7.89. The van der Waals surface area contributed by atoms with E-state index < -0.39 is 28.1 Å². The third-order valence-corrected chi connectivity index (χ3v) is 5.40. The fourth-order valence-electron chi connectivity index (χ4n) is 2.45. The van der Waals surface area contributed by atoms with Crippen LogP contribution in [0.3, 0.4) is 0 Å². The zero-order chi connectivity index (χ0) is 21.7. The Hall–Kier alpha value is -2.71. The van der Waals surface area contributed by atoms with Gasteiger partial charge in [-0.15, -0.1) is 0 Å². The highest BCUT2D eigenvalue weighted by Crippen LogP contribution is 2.16. The number of carbonyl (C=O) groups excluding carboxylic acids is 2. The van der Waals surface area contributed by atoms with Gasteiger partial charge in [-0.05, 0) is 70.2 Å². The van der Waals surface area contributed by atoms with Crippen molar-refractivity contribution in [1.82, 2.24) is 4.72 Å². The van der Waals surface area contributed by atoms with Crippen LogP contribution in [0.25, 0.3) is 0 Å². The molecule has 8 heteroatoms. The lowest BCUT2D eigenvalue weighted by Crippen LogP contribution is -2.40. The minimum atomic E-state index is -3.79. The number of nitrogens with one attached hydrogen (secondary N) is 1. The van der Waals surface area contributed by atoms with Crippen LogP contribution in [0.2, 0.25) is 0 Å². The van der Waals surface area contributed by atoms with Crippen LogP contribution in [0.5, 0.6) is 5.75 Å². The standard InChI is InChI=1S/C21H25NO6S/c1-5-27-17-11-9-15(10-12-17)19(23)14-28-20(24)16-7-6-8-18(13-16)29(25,26)22-21(2,3)4/h6-13,22H,5,14H2,1-4H3. The van der Waals surface area contributed by atoms with Gasteiger partial charge in [0.05, 0.1) is 17.1 Å². The Balaban J connectivity index is 2.05. The topological polar surface area (TPSA) is 98.8 Å². The molecule has 0 unspecified atom stereocenters. The van der Waals surface area contributed by atoms with Crippen molar-refractivity contribution in [3.8, 4) is 5.75 Å². The second-order valence-corrected chi connectivity index (χ2v) is 9.02. The first-order valence-electron chi connectivity index (χ1n) is 9.09. The Morgan fingerprint density at radius 3 is 2.24 bits per heavy atom. The van der Waals surface area contributed by atoms with Gasteiger partial charge in [-0.1, -0.05) is 6.07 Å². The van der Waals surface area contributed by atoms with Crippen LogP contribution in [-0.4, -0.2) is 38.9 Å². The van der Waals surface area contributed by atoms with Crippen molar-refractivity contribution >= 4 is 21.8 Å². The Morgan fingerprint density at radius 2 is 1.66 bits per heavy atom. The van der Waals surface area contributed by atoms with Gasteiger partial charge in [-0.25, -0.2) is 17.9 Å². The van der Waals surface area contributed by atoms with Crippen molar-refractivity contribution in [2.24, 2.45) is 0 Å². The average molecular weight is 419 g/mol. The summed E-state index contributed by atoms with van der Waals surface area (Å²) >= 11 is 0. The van der Waals surface area contributed by atoms with Crippen molar-refractivity contribution < 1.29 is 27.5 Å². The molecule has 29 heavy (non-hydrogen) atoms. The molecule has 1 N–H and O–H groups in total. The van der Waals surface area contributed by atoms with Gasteiger partial charge in [-0.3, -0.25) is 4.79 Å². The van der Waals surface area contributed by atoms with Gasteiger partial charge < -0.3 is 9.47 Å². The van der Waals surface area contributed by atoms with E-state index in [1.807, 2.05) is 6.92 Å². The molecule has 156 valence electrons. The van der Waals surface area contributed by atoms with E-state index in [4.69, 9.17) is 9.47 Å². The van der Waals surface area contributed by atoms with Crippen LogP contribution in [0.4, 0.5) is 0 Å². The quantitative estimate of drug-likeness (QED) is 0.521. The number of sulfonamides is 1. The number of hydrogen-bond donors (Lipinski definition) is 1. The summed E-state index contributed by atoms with van der Waals surface area (Å²) in [5.74, 6) is -0.514. The zero-order valence-electron chi connectivity index (χ0n) is 16.9. The third kappa shape index (κ3) is 6.69. The van der Waals surface area contributed by atoms with Gasteiger partial charge in [0.1, 0.15) is 5.75 Å². The molecular formula is C21H25NO6S. The first kappa shape index (κ1) is 22.6. The first-order chi connectivity index (χ1) is 13.5. The summed E-state index contributed by atoms with van der Waals surface area (Å²) in [7, 11) is -3.79. The lowest BCUT2D eigenvalue weighted by atomic mass is 10.1. The molecule has 0 saturated heterocycles. The monoisotopic (exact) mass is 419 g/mol. The van der Waals surface area contributed by atoms with Crippen molar-refractivity contribution in [2.75, 3.05) is 13.2 Å². The van der Waals surface area contributed by atoms with Crippen LogP contribution in [0, 0.1) is 0 Å². The molecular weight excluding hydrogens is 394 g/mol. The SMILES string of the molecule is CCOc1ccc(C(=O)COC(=O)c2cccc(S(=O)(=O)NC(C)(C)C)c2)cc1. The summed E-state index contributed by atoms with van der Waals surface area (Å²) in [4.78, 5) is 24.4. The summed E-state index contributed by atoms with van der Waals surface area (Å²) in [5.41, 5.74) is -0.243. The maximum absolute atomic E-state index is 12.4. The smallest absolute Gasteiger partial charge is 0.338 e. The predicted molar refractivity (Wildman–Crippen MR) is 109 cm³/mol. The molecule has 0 saturated carbocycles. The third-order valence-electron chi connectivity index (χ3n) is 3.64. The largest absolute Gasteiger partial charge is 0.494 e. The number of hydrogen-bond acceptors (Lipinski definition) is 6. The number of rotatable bonds is 8. The highest BCUT2D eigenvalue weighted by atomic mass is 32.2. The van der Waals surface area contributed by atoms with Gasteiger partial charge in [0, 0.05) is 11.1 Å².